The first-order valence-corrected chi connectivity index (χ1v) is 24.8. The summed E-state index contributed by atoms with van der Waals surface area (Å²) in [6.07, 6.45) is 3.70. The molecular weight excluding hydrogens is 985 g/mol. The number of carbonyl (C=O) groups excluding carboxylic acids is 9. The van der Waals surface area contributed by atoms with E-state index in [0.29, 0.717) is 44.3 Å². The van der Waals surface area contributed by atoms with E-state index in [1.54, 1.807) is 0 Å². The maximum absolute atomic E-state index is 14.2. The van der Waals surface area contributed by atoms with Gasteiger partial charge in [0.05, 0.1) is 31.1 Å². The number of likely N-dealkylation sites (tertiary alicyclic amines) is 1. The van der Waals surface area contributed by atoms with E-state index in [4.69, 9.17) is 51.6 Å². The Morgan fingerprint density at radius 1 is 0.733 bits per heavy atom. The summed E-state index contributed by atoms with van der Waals surface area (Å²) < 4.78 is 0. The fourth-order valence-electron chi connectivity index (χ4n) is 7.66. The fraction of sp³-hybridized carbons (Fsp3) is 0.659. The summed E-state index contributed by atoms with van der Waals surface area (Å²) in [4.78, 5) is 133. The first kappa shape index (κ1) is 64.2. The molecule has 0 radical (unpaired) electrons. The lowest BCUT2D eigenvalue weighted by Gasteiger charge is -2.30. The molecule has 1 aromatic heterocycles. The Morgan fingerprint density at radius 3 is 1.93 bits per heavy atom. The minimum absolute atomic E-state index is 0.000921. The molecule has 0 saturated carbocycles. The van der Waals surface area contributed by atoms with Gasteiger partial charge in [0.2, 0.25) is 47.3 Å². The number of aromatic nitrogens is 2. The van der Waals surface area contributed by atoms with Crippen molar-refractivity contribution in [3.05, 3.63) is 30.0 Å². The highest BCUT2D eigenvalue weighted by atomic mass is 16.3. The lowest BCUT2D eigenvalue weighted by atomic mass is 10.0. The molecule has 1 fully saturated rings. The van der Waals surface area contributed by atoms with Crippen LogP contribution in [-0.4, -0.2) is 191 Å². The number of aromatic amines is 1. The number of imidazole rings is 1. The molecule has 1 aliphatic heterocycles. The second-order valence-corrected chi connectivity index (χ2v) is 17.7. The van der Waals surface area contributed by atoms with E-state index in [1.807, 2.05) is 0 Å². The number of hydrogen-bond acceptors (Lipinski definition) is 19. The Morgan fingerprint density at radius 2 is 1.35 bits per heavy atom. The molecule has 1 aliphatic rings. The topological polar surface area (TPSA) is 557 Å². The number of carbonyl (C=O) groups is 9. The van der Waals surface area contributed by atoms with Crippen molar-refractivity contribution in [1.82, 2.24) is 52.1 Å². The Labute approximate surface area is 434 Å². The predicted molar refractivity (Wildman–Crippen MR) is 273 cm³/mol. The van der Waals surface area contributed by atoms with Crippen LogP contribution in [0.15, 0.2) is 29.3 Å². The van der Waals surface area contributed by atoms with Crippen molar-refractivity contribution in [1.29, 1.82) is 0 Å². The van der Waals surface area contributed by atoms with Gasteiger partial charge in [0.1, 0.15) is 41.9 Å². The van der Waals surface area contributed by atoms with Gasteiger partial charge in [-0.2, -0.15) is 0 Å². The zero-order chi connectivity index (χ0) is 56.0. The molecule has 75 heavy (non-hydrogen) atoms. The van der Waals surface area contributed by atoms with Crippen LogP contribution in [0, 0.1) is 0 Å². The van der Waals surface area contributed by atoms with Gasteiger partial charge in [-0.1, -0.05) is 12.5 Å². The minimum Gasteiger partial charge on any atom is -0.389 e. The van der Waals surface area contributed by atoms with Gasteiger partial charge >= 0.3 is 0 Å². The summed E-state index contributed by atoms with van der Waals surface area (Å²) in [5.41, 5.74) is 50.5. The summed E-state index contributed by atoms with van der Waals surface area (Å²) in [5.74, 6) is -8.11. The minimum atomic E-state index is -1.82. The van der Waals surface area contributed by atoms with Crippen molar-refractivity contribution in [3.8, 4) is 0 Å². The molecule has 1 aromatic rings. The number of aliphatic hydroxyl groups is 2. The number of nitrogens with two attached hydrogens (primary N) is 9. The van der Waals surface area contributed by atoms with Crippen molar-refractivity contribution in [2.75, 3.05) is 52.4 Å². The number of amides is 9. The molecule has 0 spiro atoms. The highest BCUT2D eigenvalue weighted by molar-refractivity contribution is 6.00. The maximum atomic E-state index is 14.2. The van der Waals surface area contributed by atoms with Gasteiger partial charge in [0.15, 0.2) is 5.96 Å². The molecule has 0 bridgehead atoms. The molecule has 31 heteroatoms. The Bertz CT molecular complexity index is 2070. The number of aliphatic imine (C=N–C) groups is 1. The third-order valence-electron chi connectivity index (χ3n) is 11.8. The standard InChI is InChI=1S/C44H80N20O11/c45-13-3-1-8-25(50)37(69)62-35(32(66)20-49)42(74)63-34(31(65)19-48)41(73)56-22-33(67)58-28(10-5-15-47)43(75)64-17-7-12-30(64)40(72)61-29(18-24-21-54-23-57-24)39(71)60-27(9-2-4-14-46)38(70)59-26(36(51)68)11-6-16-55-44(52)53/h11,21,23,25,27-32,34-35,65-66H,1-10,12-20,22,45-50H2,(H2,51,68)(H,54,57)(H,56,73)(H,58,67)(H,59,70)(H,60,71)(H,61,72)(H,62,69)(H,63,74)(H4,52,53,55)/b26-11-/t25-,27-,28+,29?,30-,31-,32?,34?,35-/m0/s1. The molecule has 1 saturated heterocycles. The van der Waals surface area contributed by atoms with Crippen molar-refractivity contribution in [2.45, 2.75) is 132 Å². The summed E-state index contributed by atoms with van der Waals surface area (Å²) in [6, 6.07) is -9.63. The molecule has 0 aliphatic carbocycles. The van der Waals surface area contributed by atoms with E-state index in [1.165, 1.54) is 23.5 Å². The summed E-state index contributed by atoms with van der Waals surface area (Å²) in [6.45, 7) is -0.938. The van der Waals surface area contributed by atoms with Crippen LogP contribution in [0.5, 0.6) is 0 Å². The molecule has 9 atom stereocenters. The Balaban J connectivity index is 2.27. The number of hydrogen-bond donors (Lipinski definition) is 19. The van der Waals surface area contributed by atoms with Gasteiger partial charge in [-0.3, -0.25) is 48.1 Å². The van der Waals surface area contributed by atoms with Gasteiger partial charge in [-0.25, -0.2) is 4.98 Å². The van der Waals surface area contributed by atoms with Crippen molar-refractivity contribution in [2.24, 2.45) is 56.6 Å². The van der Waals surface area contributed by atoms with Crippen molar-refractivity contribution in [3.63, 3.8) is 0 Å². The van der Waals surface area contributed by atoms with E-state index in [2.05, 4.69) is 52.2 Å². The number of primary amides is 1. The lowest BCUT2D eigenvalue weighted by Crippen LogP contribution is -2.63. The SMILES string of the molecule is NCCCC[C@H](NC(=O)C(Cc1cnc[nH]1)NC(=O)[C@@H]1CCCN1C(=O)[C@@H](CCCN)NC(=O)CNC(=O)C(NC(=O)[C@@H](NC(=O)[C@@H](N)CCCCN)C(O)CN)[C@@H](O)CN)C(=O)N/C(=C\CCN=C(N)N)C(N)=O. The highest BCUT2D eigenvalue weighted by Gasteiger charge is 2.40. The second kappa shape index (κ2) is 34.6. The van der Waals surface area contributed by atoms with Crippen molar-refractivity contribution >= 4 is 59.1 Å². The van der Waals surface area contributed by atoms with E-state index in [-0.39, 0.29) is 82.8 Å². The number of nitrogens with one attached hydrogen (secondary N) is 8. The predicted octanol–water partition coefficient (Wildman–Crippen LogP) is -9.40. The van der Waals surface area contributed by atoms with Crippen molar-refractivity contribution < 1.29 is 53.4 Å². The molecule has 3 unspecified atom stereocenters. The van der Waals surface area contributed by atoms with Crippen LogP contribution in [-0.2, 0) is 49.6 Å². The monoisotopic (exact) mass is 1060 g/mol. The molecule has 2 rings (SSSR count). The fourth-order valence-corrected chi connectivity index (χ4v) is 7.66. The van der Waals surface area contributed by atoms with Crippen LogP contribution < -0.4 is 88.8 Å². The van der Waals surface area contributed by atoms with Crippen LogP contribution in [0.4, 0.5) is 0 Å². The van der Waals surface area contributed by atoms with E-state index >= 15 is 0 Å². The van der Waals surface area contributed by atoms with Crippen LogP contribution >= 0.6 is 0 Å². The summed E-state index contributed by atoms with van der Waals surface area (Å²) in [5, 5.41) is 38.3. The molecular formula is C44H80N20O11. The molecule has 9 amide bonds. The number of unbranched alkanes of at least 4 members (excludes halogenated alkanes) is 2. The third-order valence-corrected chi connectivity index (χ3v) is 11.8. The third kappa shape index (κ3) is 22.6. The van der Waals surface area contributed by atoms with Gasteiger partial charge in [0.25, 0.3) is 5.91 Å². The smallest absolute Gasteiger partial charge is 0.264 e. The Kier molecular flexibility index (Phi) is 29.6. The zero-order valence-corrected chi connectivity index (χ0v) is 42.2. The number of guanidine groups is 1. The normalized spacial score (nSPS) is 16.6. The van der Waals surface area contributed by atoms with E-state index < -0.39 is 127 Å². The van der Waals surface area contributed by atoms with Gasteiger partial charge in [0, 0.05) is 44.5 Å². The summed E-state index contributed by atoms with van der Waals surface area (Å²) >= 11 is 0. The van der Waals surface area contributed by atoms with Crippen LogP contribution in [0.2, 0.25) is 0 Å². The molecule has 2 heterocycles. The molecule has 0 aromatic carbocycles. The number of H-pyrrole nitrogens is 1. The highest BCUT2D eigenvalue weighted by Crippen LogP contribution is 2.20. The van der Waals surface area contributed by atoms with Crippen LogP contribution in [0.3, 0.4) is 0 Å². The van der Waals surface area contributed by atoms with Gasteiger partial charge in [-0.15, -0.1) is 0 Å². The maximum Gasteiger partial charge on any atom is 0.264 e. The quantitative estimate of drug-likeness (QED) is 0.0128. The van der Waals surface area contributed by atoms with Crippen LogP contribution in [0.25, 0.3) is 0 Å². The Hall–Kier alpha value is -6.87. The number of aliphatic hydroxyl groups excluding tert-OH is 2. The largest absolute Gasteiger partial charge is 0.389 e. The second-order valence-electron chi connectivity index (χ2n) is 17.7. The molecule has 422 valence electrons. The van der Waals surface area contributed by atoms with E-state index in [0.717, 1.165) is 0 Å². The average Bonchev–Trinajstić information content (AvgIpc) is 4.10. The van der Waals surface area contributed by atoms with Crippen LogP contribution in [0.1, 0.15) is 76.3 Å². The zero-order valence-electron chi connectivity index (χ0n) is 42.2. The molecule has 28 N–H and O–H groups in total. The first-order chi connectivity index (χ1) is 35.7. The number of nitrogens with zero attached hydrogens (tertiary/aromatic N) is 3. The van der Waals surface area contributed by atoms with Gasteiger partial charge in [-0.05, 0) is 83.8 Å². The average molecular weight is 1070 g/mol. The van der Waals surface area contributed by atoms with E-state index in [9.17, 15) is 53.4 Å². The summed E-state index contributed by atoms with van der Waals surface area (Å²) in [7, 11) is 0. The first-order valence-electron chi connectivity index (χ1n) is 24.8. The van der Waals surface area contributed by atoms with Gasteiger partial charge < -0.3 is 109 Å². The lowest BCUT2D eigenvalue weighted by molar-refractivity contribution is -0.142. The molecule has 31 nitrogen and oxygen atoms in total. The number of rotatable bonds is 36.